The predicted octanol–water partition coefficient (Wildman–Crippen LogP) is 3.03. The van der Waals surface area contributed by atoms with Crippen molar-refractivity contribution < 1.29 is 0 Å². The van der Waals surface area contributed by atoms with Crippen LogP contribution >= 0.6 is 11.9 Å². The van der Waals surface area contributed by atoms with Crippen LogP contribution in [0.3, 0.4) is 0 Å². The number of hydrogen-bond donors (Lipinski definition) is 0. The SMILES string of the molecule is CSN1CC2(CCN(CC3CCN(CC(C)C)CC3)CC2)C1. The largest absolute Gasteiger partial charge is 0.303 e. The molecule has 0 bridgehead atoms. The highest BCUT2D eigenvalue weighted by Crippen LogP contribution is 2.42. The summed E-state index contributed by atoms with van der Waals surface area (Å²) in [6, 6.07) is 0. The topological polar surface area (TPSA) is 9.72 Å². The highest BCUT2D eigenvalue weighted by Gasteiger charge is 2.44. The van der Waals surface area contributed by atoms with E-state index in [0.29, 0.717) is 5.41 Å². The summed E-state index contributed by atoms with van der Waals surface area (Å²) in [6.45, 7) is 15.4. The third-order valence-electron chi connectivity index (χ3n) is 6.05. The second-order valence-electron chi connectivity index (χ2n) is 8.42. The summed E-state index contributed by atoms with van der Waals surface area (Å²) in [4.78, 5) is 5.45. The van der Waals surface area contributed by atoms with Crippen LogP contribution in [0.4, 0.5) is 0 Å². The molecular weight excluding hydrogens is 290 g/mol. The Labute approximate surface area is 141 Å². The summed E-state index contributed by atoms with van der Waals surface area (Å²) in [5.41, 5.74) is 0.695. The number of piperidine rings is 2. The maximum atomic E-state index is 2.77. The van der Waals surface area contributed by atoms with Crippen molar-refractivity contribution in [1.29, 1.82) is 0 Å². The van der Waals surface area contributed by atoms with Crippen LogP contribution in [0.1, 0.15) is 39.5 Å². The van der Waals surface area contributed by atoms with E-state index < -0.39 is 0 Å². The fourth-order valence-electron chi connectivity index (χ4n) is 4.59. The lowest BCUT2D eigenvalue weighted by atomic mass is 9.73. The molecule has 22 heavy (non-hydrogen) atoms. The molecule has 1 spiro atoms. The van der Waals surface area contributed by atoms with Crippen LogP contribution in [0.5, 0.6) is 0 Å². The molecule has 3 aliphatic heterocycles. The zero-order valence-corrected chi connectivity index (χ0v) is 15.7. The van der Waals surface area contributed by atoms with Gasteiger partial charge in [-0.05, 0) is 70.0 Å². The molecule has 4 heteroatoms. The first kappa shape index (κ1) is 17.1. The number of likely N-dealkylation sites (tertiary alicyclic amines) is 2. The summed E-state index contributed by atoms with van der Waals surface area (Å²) in [5.74, 6) is 1.78. The Hall–Kier alpha value is 0.230. The molecule has 0 saturated carbocycles. The Kier molecular flexibility index (Phi) is 5.75. The van der Waals surface area contributed by atoms with Gasteiger partial charge in [0.05, 0.1) is 0 Å². The molecule has 3 saturated heterocycles. The smallest absolute Gasteiger partial charge is 0.0160 e. The van der Waals surface area contributed by atoms with Crippen molar-refractivity contribution in [1.82, 2.24) is 14.1 Å². The van der Waals surface area contributed by atoms with Gasteiger partial charge in [0.2, 0.25) is 0 Å². The lowest BCUT2D eigenvalue weighted by Crippen LogP contribution is -2.58. The third-order valence-corrected chi connectivity index (χ3v) is 6.82. The maximum Gasteiger partial charge on any atom is 0.0160 e. The summed E-state index contributed by atoms with van der Waals surface area (Å²) < 4.78 is 2.53. The van der Waals surface area contributed by atoms with Crippen LogP contribution < -0.4 is 0 Å². The minimum Gasteiger partial charge on any atom is -0.303 e. The van der Waals surface area contributed by atoms with Crippen molar-refractivity contribution in [3.63, 3.8) is 0 Å². The predicted molar refractivity (Wildman–Crippen MR) is 97.2 cm³/mol. The molecule has 3 rings (SSSR count). The average Bonchev–Trinajstić information content (AvgIpc) is 2.47. The number of hydrogen-bond acceptors (Lipinski definition) is 4. The first-order chi connectivity index (χ1) is 10.6. The van der Waals surface area contributed by atoms with Crippen LogP contribution in [-0.4, -0.2) is 72.7 Å². The summed E-state index contributed by atoms with van der Waals surface area (Å²) >= 11 is 1.93. The van der Waals surface area contributed by atoms with Gasteiger partial charge in [0, 0.05) is 31.6 Å². The minimum absolute atomic E-state index is 0.695. The van der Waals surface area contributed by atoms with Crippen LogP contribution in [0.15, 0.2) is 0 Å². The quantitative estimate of drug-likeness (QED) is 0.719. The molecule has 128 valence electrons. The molecule has 0 N–H and O–H groups in total. The lowest BCUT2D eigenvalue weighted by Gasteiger charge is -2.53. The molecule has 3 heterocycles. The molecule has 3 fully saturated rings. The highest BCUT2D eigenvalue weighted by atomic mass is 32.2. The fraction of sp³-hybridized carbons (Fsp3) is 1.00. The zero-order valence-electron chi connectivity index (χ0n) is 14.9. The van der Waals surface area contributed by atoms with E-state index in [0.717, 1.165) is 11.8 Å². The highest BCUT2D eigenvalue weighted by molar-refractivity contribution is 7.96. The monoisotopic (exact) mass is 325 g/mol. The van der Waals surface area contributed by atoms with Gasteiger partial charge in [0.1, 0.15) is 0 Å². The molecule has 0 aromatic carbocycles. The van der Waals surface area contributed by atoms with Gasteiger partial charge in [0.15, 0.2) is 0 Å². The van der Waals surface area contributed by atoms with Gasteiger partial charge in [-0.25, -0.2) is 4.31 Å². The summed E-state index contributed by atoms with van der Waals surface area (Å²) in [6.07, 6.45) is 7.95. The molecule has 0 aromatic heterocycles. The first-order valence-corrected chi connectivity index (χ1v) is 10.5. The Morgan fingerprint density at radius 2 is 1.64 bits per heavy atom. The van der Waals surface area contributed by atoms with Crippen molar-refractivity contribution in [3.8, 4) is 0 Å². The van der Waals surface area contributed by atoms with E-state index in [1.54, 1.807) is 0 Å². The van der Waals surface area contributed by atoms with E-state index in [9.17, 15) is 0 Å². The van der Waals surface area contributed by atoms with Gasteiger partial charge in [-0.1, -0.05) is 25.8 Å². The molecule has 0 atom stereocenters. The van der Waals surface area contributed by atoms with E-state index in [2.05, 4.69) is 34.2 Å². The van der Waals surface area contributed by atoms with Gasteiger partial charge < -0.3 is 9.80 Å². The normalized spacial score (nSPS) is 28.4. The van der Waals surface area contributed by atoms with Gasteiger partial charge >= 0.3 is 0 Å². The van der Waals surface area contributed by atoms with Crippen molar-refractivity contribution >= 4 is 11.9 Å². The molecule has 0 unspecified atom stereocenters. The summed E-state index contributed by atoms with van der Waals surface area (Å²) in [5, 5.41) is 0. The minimum atomic E-state index is 0.695. The van der Waals surface area contributed by atoms with Crippen LogP contribution in [0.25, 0.3) is 0 Å². The van der Waals surface area contributed by atoms with E-state index in [1.807, 2.05) is 11.9 Å². The molecule has 0 aromatic rings. The van der Waals surface area contributed by atoms with Crippen LogP contribution in [0, 0.1) is 17.3 Å². The molecule has 3 aliphatic rings. The van der Waals surface area contributed by atoms with Crippen molar-refractivity contribution in [2.24, 2.45) is 17.3 Å². The Balaban J connectivity index is 1.34. The molecule has 3 nitrogen and oxygen atoms in total. The average molecular weight is 326 g/mol. The molecular formula is C18H35N3S. The standard InChI is InChI=1S/C18H35N3S/c1-16(2)12-19-8-4-17(5-9-19)13-20-10-6-18(7-11-20)14-21(15-18)22-3/h16-17H,4-15H2,1-3H3. The van der Waals surface area contributed by atoms with Crippen molar-refractivity contribution in [3.05, 3.63) is 0 Å². The van der Waals surface area contributed by atoms with Crippen molar-refractivity contribution in [2.45, 2.75) is 39.5 Å². The number of nitrogens with zero attached hydrogens (tertiary/aromatic N) is 3. The molecule has 0 radical (unpaired) electrons. The van der Waals surface area contributed by atoms with Gasteiger partial charge in [0.25, 0.3) is 0 Å². The van der Waals surface area contributed by atoms with Gasteiger partial charge in [-0.3, -0.25) is 0 Å². The van der Waals surface area contributed by atoms with E-state index in [4.69, 9.17) is 0 Å². The maximum absolute atomic E-state index is 2.77. The molecule has 0 aliphatic carbocycles. The van der Waals surface area contributed by atoms with Crippen molar-refractivity contribution in [2.75, 3.05) is 58.6 Å². The Bertz CT molecular complexity index is 336. The fourth-order valence-corrected chi connectivity index (χ4v) is 5.40. The second-order valence-corrected chi connectivity index (χ2v) is 9.30. The van der Waals surface area contributed by atoms with Crippen LogP contribution in [0.2, 0.25) is 0 Å². The summed E-state index contributed by atoms with van der Waals surface area (Å²) in [7, 11) is 0. The van der Waals surface area contributed by atoms with E-state index in [-0.39, 0.29) is 0 Å². The zero-order chi connectivity index (χ0) is 15.6. The van der Waals surface area contributed by atoms with Gasteiger partial charge in [-0.2, -0.15) is 0 Å². The Morgan fingerprint density at radius 1 is 1.00 bits per heavy atom. The van der Waals surface area contributed by atoms with Gasteiger partial charge in [-0.15, -0.1) is 0 Å². The second kappa shape index (κ2) is 7.42. The molecule has 0 amide bonds. The third kappa shape index (κ3) is 4.19. The van der Waals surface area contributed by atoms with E-state index in [1.165, 1.54) is 78.0 Å². The lowest BCUT2D eigenvalue weighted by molar-refractivity contribution is -0.000716. The number of rotatable bonds is 5. The van der Waals surface area contributed by atoms with E-state index >= 15 is 0 Å². The first-order valence-electron chi connectivity index (χ1n) is 9.32. The van der Waals surface area contributed by atoms with Crippen LogP contribution in [-0.2, 0) is 0 Å². The Morgan fingerprint density at radius 3 is 2.18 bits per heavy atom.